The fourth-order valence-corrected chi connectivity index (χ4v) is 5.15. The minimum atomic E-state index is -0.189. The number of fused-ring (bicyclic) bond motifs is 2. The van der Waals surface area contributed by atoms with Gasteiger partial charge in [0.25, 0.3) is 0 Å². The van der Waals surface area contributed by atoms with E-state index in [2.05, 4.69) is 11.4 Å². The van der Waals surface area contributed by atoms with E-state index in [-0.39, 0.29) is 12.5 Å². The lowest BCUT2D eigenvalue weighted by molar-refractivity contribution is -0.116. The highest BCUT2D eigenvalue weighted by atomic mass is 32.1. The number of rotatable bonds is 4. The number of hydrogen-bond donors (Lipinski definition) is 1. The predicted molar refractivity (Wildman–Crippen MR) is 106 cm³/mol. The molecule has 0 unspecified atom stereocenters. The summed E-state index contributed by atoms with van der Waals surface area (Å²) in [4.78, 5) is 25.4. The van der Waals surface area contributed by atoms with Crippen molar-refractivity contribution in [3.05, 3.63) is 51.5 Å². The Balaban J connectivity index is 1.64. The first-order chi connectivity index (χ1) is 13.1. The normalized spacial score (nSPS) is 13.2. The Morgan fingerprint density at radius 2 is 2.11 bits per heavy atom. The second-order valence-corrected chi connectivity index (χ2v) is 7.90. The number of aldehydes is 1. The number of nitriles is 1. The van der Waals surface area contributed by atoms with Gasteiger partial charge < -0.3 is 9.88 Å². The third-order valence-corrected chi connectivity index (χ3v) is 6.44. The van der Waals surface area contributed by atoms with Crippen molar-refractivity contribution < 1.29 is 9.59 Å². The second kappa shape index (κ2) is 7.01. The third-order valence-electron chi connectivity index (χ3n) is 5.24. The number of aromatic nitrogens is 1. The maximum Gasteiger partial charge on any atom is 0.244 e. The Bertz CT molecular complexity index is 1100. The van der Waals surface area contributed by atoms with Crippen LogP contribution in [0.25, 0.3) is 10.9 Å². The Labute approximate surface area is 161 Å². The number of thiophene rings is 1. The number of amides is 1. The zero-order valence-electron chi connectivity index (χ0n) is 15.0. The summed E-state index contributed by atoms with van der Waals surface area (Å²) in [5.41, 5.74) is 3.97. The van der Waals surface area contributed by atoms with Gasteiger partial charge in [-0.1, -0.05) is 18.2 Å². The van der Waals surface area contributed by atoms with Crippen molar-refractivity contribution in [2.24, 2.45) is 0 Å². The number of para-hydroxylation sites is 1. The van der Waals surface area contributed by atoms with E-state index in [1.807, 2.05) is 35.8 Å². The molecule has 2 aromatic heterocycles. The first kappa shape index (κ1) is 17.5. The van der Waals surface area contributed by atoms with Gasteiger partial charge in [-0.2, -0.15) is 5.26 Å². The zero-order chi connectivity index (χ0) is 19.0. The van der Waals surface area contributed by atoms with Gasteiger partial charge in [0.05, 0.1) is 5.56 Å². The molecule has 27 heavy (non-hydrogen) atoms. The van der Waals surface area contributed by atoms with E-state index in [0.29, 0.717) is 16.1 Å². The quantitative estimate of drug-likeness (QED) is 0.692. The van der Waals surface area contributed by atoms with E-state index in [4.69, 9.17) is 0 Å². The fraction of sp³-hybridized carbons (Fsp3) is 0.286. The van der Waals surface area contributed by atoms with Gasteiger partial charge >= 0.3 is 0 Å². The maximum absolute atomic E-state index is 12.7. The highest BCUT2D eigenvalue weighted by Crippen LogP contribution is 2.37. The van der Waals surface area contributed by atoms with E-state index in [0.717, 1.165) is 54.1 Å². The summed E-state index contributed by atoms with van der Waals surface area (Å²) in [5, 5.41) is 14.0. The fourth-order valence-electron chi connectivity index (χ4n) is 3.89. The first-order valence-electron chi connectivity index (χ1n) is 9.01. The van der Waals surface area contributed by atoms with Crippen LogP contribution in [0.2, 0.25) is 0 Å². The van der Waals surface area contributed by atoms with Crippen molar-refractivity contribution >= 4 is 39.4 Å². The second-order valence-electron chi connectivity index (χ2n) is 6.80. The SMILES string of the molecule is Cc1c(C=O)c2ccccc2n1CC(=O)Nc1sc2c(c1C#N)CCCC2. The van der Waals surface area contributed by atoms with Crippen molar-refractivity contribution in [3.63, 3.8) is 0 Å². The smallest absolute Gasteiger partial charge is 0.244 e. The van der Waals surface area contributed by atoms with Crippen LogP contribution >= 0.6 is 11.3 Å². The molecule has 3 aromatic rings. The lowest BCUT2D eigenvalue weighted by Crippen LogP contribution is -2.19. The molecule has 0 saturated heterocycles. The molecule has 1 amide bonds. The van der Waals surface area contributed by atoms with Crippen LogP contribution in [0, 0.1) is 18.3 Å². The van der Waals surface area contributed by atoms with Crippen molar-refractivity contribution in [1.29, 1.82) is 5.26 Å². The molecule has 1 aromatic carbocycles. The molecular formula is C21H19N3O2S. The number of carbonyl (C=O) groups excluding carboxylic acids is 2. The summed E-state index contributed by atoms with van der Waals surface area (Å²) in [6.45, 7) is 1.95. The van der Waals surface area contributed by atoms with Gasteiger partial charge in [0.15, 0.2) is 6.29 Å². The average molecular weight is 377 g/mol. The topological polar surface area (TPSA) is 74.9 Å². The van der Waals surface area contributed by atoms with Crippen LogP contribution in [0.1, 0.15) is 44.9 Å². The average Bonchev–Trinajstić information content (AvgIpc) is 3.16. The van der Waals surface area contributed by atoms with Gasteiger partial charge in [-0.25, -0.2) is 0 Å². The Hall–Kier alpha value is -2.91. The molecule has 5 nitrogen and oxygen atoms in total. The van der Waals surface area contributed by atoms with Gasteiger partial charge in [-0.15, -0.1) is 11.3 Å². The highest BCUT2D eigenvalue weighted by Gasteiger charge is 2.22. The molecular weight excluding hydrogens is 358 g/mol. The standard InChI is InChI=1S/C21H19N3O2S/c1-13-17(12-25)14-6-2-4-8-18(14)24(13)11-20(26)23-21-16(10-22)15-7-3-5-9-19(15)27-21/h2,4,6,8,12H,3,5,7,9,11H2,1H3,(H,23,26). The van der Waals surface area contributed by atoms with Crippen LogP contribution in [0.15, 0.2) is 24.3 Å². The van der Waals surface area contributed by atoms with Crippen LogP contribution in [0.3, 0.4) is 0 Å². The molecule has 1 aliphatic rings. The summed E-state index contributed by atoms with van der Waals surface area (Å²) < 4.78 is 1.86. The van der Waals surface area contributed by atoms with Crippen LogP contribution in [0.4, 0.5) is 5.00 Å². The van der Waals surface area contributed by atoms with Gasteiger partial charge in [0, 0.05) is 27.0 Å². The number of nitrogens with one attached hydrogen (secondary N) is 1. The molecule has 6 heteroatoms. The first-order valence-corrected chi connectivity index (χ1v) is 9.83. The molecule has 0 fully saturated rings. The summed E-state index contributed by atoms with van der Waals surface area (Å²) in [7, 11) is 0. The van der Waals surface area contributed by atoms with Crippen LogP contribution in [-0.4, -0.2) is 16.8 Å². The molecule has 0 bridgehead atoms. The number of benzene rings is 1. The monoisotopic (exact) mass is 377 g/mol. The molecule has 2 heterocycles. The molecule has 0 radical (unpaired) electrons. The lowest BCUT2D eigenvalue weighted by Gasteiger charge is -2.10. The van der Waals surface area contributed by atoms with Gasteiger partial charge in [-0.05, 0) is 44.2 Å². The van der Waals surface area contributed by atoms with Crippen LogP contribution < -0.4 is 5.32 Å². The van der Waals surface area contributed by atoms with E-state index in [1.54, 1.807) is 0 Å². The molecule has 0 atom stereocenters. The van der Waals surface area contributed by atoms with Crippen molar-refractivity contribution in [2.45, 2.75) is 39.2 Å². The third kappa shape index (κ3) is 2.94. The molecule has 136 valence electrons. The van der Waals surface area contributed by atoms with Gasteiger partial charge in [0.2, 0.25) is 5.91 Å². The maximum atomic E-state index is 12.7. The van der Waals surface area contributed by atoms with E-state index in [9.17, 15) is 14.9 Å². The van der Waals surface area contributed by atoms with Crippen LogP contribution in [-0.2, 0) is 24.2 Å². The number of hydrogen-bond acceptors (Lipinski definition) is 4. The van der Waals surface area contributed by atoms with E-state index < -0.39 is 0 Å². The van der Waals surface area contributed by atoms with Gasteiger partial charge in [-0.3, -0.25) is 9.59 Å². The number of anilines is 1. The summed E-state index contributed by atoms with van der Waals surface area (Å²) >= 11 is 1.52. The Morgan fingerprint density at radius 3 is 2.89 bits per heavy atom. The van der Waals surface area contributed by atoms with E-state index >= 15 is 0 Å². The molecule has 4 rings (SSSR count). The Morgan fingerprint density at radius 1 is 1.33 bits per heavy atom. The number of nitrogens with zero attached hydrogens (tertiary/aromatic N) is 2. The zero-order valence-corrected chi connectivity index (χ0v) is 15.9. The number of aryl methyl sites for hydroxylation is 1. The largest absolute Gasteiger partial charge is 0.335 e. The summed E-state index contributed by atoms with van der Waals surface area (Å²) in [6.07, 6.45) is 4.96. The van der Waals surface area contributed by atoms with Crippen molar-refractivity contribution in [1.82, 2.24) is 4.57 Å². The Kier molecular flexibility index (Phi) is 4.54. The highest BCUT2D eigenvalue weighted by molar-refractivity contribution is 7.16. The predicted octanol–water partition coefficient (Wildman–Crippen LogP) is 4.21. The molecule has 1 aliphatic carbocycles. The minimum Gasteiger partial charge on any atom is -0.335 e. The molecule has 0 saturated carbocycles. The molecule has 1 N–H and O–H groups in total. The van der Waals surface area contributed by atoms with Gasteiger partial charge in [0.1, 0.15) is 17.6 Å². The van der Waals surface area contributed by atoms with Crippen molar-refractivity contribution in [3.8, 4) is 6.07 Å². The van der Waals surface area contributed by atoms with Crippen LogP contribution in [0.5, 0.6) is 0 Å². The lowest BCUT2D eigenvalue weighted by atomic mass is 9.96. The summed E-state index contributed by atoms with van der Waals surface area (Å²) in [6, 6.07) is 9.85. The molecule has 0 aliphatic heterocycles. The number of carbonyl (C=O) groups is 2. The minimum absolute atomic E-state index is 0.105. The summed E-state index contributed by atoms with van der Waals surface area (Å²) in [5.74, 6) is -0.189. The van der Waals surface area contributed by atoms with Crippen molar-refractivity contribution in [2.75, 3.05) is 5.32 Å². The van der Waals surface area contributed by atoms with E-state index in [1.165, 1.54) is 16.2 Å². The molecule has 0 spiro atoms.